The predicted octanol–water partition coefficient (Wildman–Crippen LogP) is 3.28. The first kappa shape index (κ1) is 20.0. The standard InChI is InChI=1S/C19H23ClN2O4/c1-10(23)8-17-19(18(11(2)24)12(3)25)22(13(4)26)15-7-6-14(20)9-16(15)21(17)5/h6-7,9,17,19,24H,8H2,1-5H3. The first-order valence-corrected chi connectivity index (χ1v) is 8.66. The fourth-order valence-electron chi connectivity index (χ4n) is 3.60. The van der Waals surface area contributed by atoms with Gasteiger partial charge in [-0.25, -0.2) is 0 Å². The minimum Gasteiger partial charge on any atom is -0.512 e. The van der Waals surface area contributed by atoms with Crippen molar-refractivity contribution in [3.8, 4) is 0 Å². The maximum Gasteiger partial charge on any atom is 0.224 e. The largest absolute Gasteiger partial charge is 0.512 e. The Morgan fingerprint density at radius 2 is 1.73 bits per heavy atom. The molecule has 0 bridgehead atoms. The van der Waals surface area contributed by atoms with Gasteiger partial charge >= 0.3 is 0 Å². The molecular weight excluding hydrogens is 356 g/mol. The number of ketones is 2. The van der Waals surface area contributed by atoms with Crippen molar-refractivity contribution in [2.45, 2.75) is 46.2 Å². The Morgan fingerprint density at radius 1 is 1.12 bits per heavy atom. The molecule has 1 aliphatic heterocycles. The van der Waals surface area contributed by atoms with Crippen LogP contribution in [0, 0.1) is 0 Å². The van der Waals surface area contributed by atoms with E-state index in [-0.39, 0.29) is 35.2 Å². The van der Waals surface area contributed by atoms with E-state index in [0.29, 0.717) is 16.4 Å². The van der Waals surface area contributed by atoms with Crippen molar-refractivity contribution in [3.05, 3.63) is 34.6 Å². The van der Waals surface area contributed by atoms with Gasteiger partial charge in [0.1, 0.15) is 5.78 Å². The summed E-state index contributed by atoms with van der Waals surface area (Å²) in [5.41, 5.74) is 1.39. The van der Waals surface area contributed by atoms with Crippen LogP contribution in [0.3, 0.4) is 0 Å². The number of hydrogen-bond acceptors (Lipinski definition) is 5. The summed E-state index contributed by atoms with van der Waals surface area (Å²) in [4.78, 5) is 40.0. The van der Waals surface area contributed by atoms with Crippen LogP contribution in [-0.4, -0.2) is 41.7 Å². The number of halogens is 1. The number of carbonyl (C=O) groups excluding carboxylic acids is 3. The Hall–Kier alpha value is -2.34. The SMILES string of the molecule is CC(=O)CC1C(C(C(C)=O)=C(C)O)N(C(C)=O)c2ccc(Cl)cc2N1C. The Morgan fingerprint density at radius 3 is 2.19 bits per heavy atom. The van der Waals surface area contributed by atoms with Gasteiger partial charge < -0.3 is 14.9 Å². The van der Waals surface area contributed by atoms with Gasteiger partial charge in [0.05, 0.1) is 34.8 Å². The highest BCUT2D eigenvalue weighted by Crippen LogP contribution is 2.42. The predicted molar refractivity (Wildman–Crippen MR) is 102 cm³/mol. The molecule has 7 heteroatoms. The molecule has 2 unspecified atom stereocenters. The van der Waals surface area contributed by atoms with Gasteiger partial charge in [-0.3, -0.25) is 14.4 Å². The number of carbonyl (C=O) groups is 3. The molecule has 0 saturated carbocycles. The molecule has 140 valence electrons. The van der Waals surface area contributed by atoms with E-state index in [1.165, 1.54) is 32.6 Å². The zero-order valence-corrected chi connectivity index (χ0v) is 16.3. The van der Waals surface area contributed by atoms with Gasteiger partial charge in [-0.15, -0.1) is 0 Å². The van der Waals surface area contributed by atoms with Gasteiger partial charge in [0.15, 0.2) is 5.78 Å². The second-order valence-electron chi connectivity index (χ2n) is 6.61. The summed E-state index contributed by atoms with van der Waals surface area (Å²) in [5, 5.41) is 10.7. The molecule has 0 radical (unpaired) electrons. The summed E-state index contributed by atoms with van der Waals surface area (Å²) in [6, 6.07) is 3.80. The molecule has 6 nitrogen and oxygen atoms in total. The third-order valence-corrected chi connectivity index (χ3v) is 4.85. The van der Waals surface area contributed by atoms with Crippen molar-refractivity contribution in [2.75, 3.05) is 16.8 Å². The normalized spacial score (nSPS) is 20.4. The maximum atomic E-state index is 12.5. The molecule has 0 aliphatic carbocycles. The molecule has 1 aromatic carbocycles. The van der Waals surface area contributed by atoms with E-state index in [1.54, 1.807) is 25.2 Å². The Balaban J connectivity index is 2.80. The number of likely N-dealkylation sites (N-methyl/N-ethyl adjacent to an activating group) is 1. The molecule has 0 saturated heterocycles. The molecule has 0 aromatic heterocycles. The van der Waals surface area contributed by atoms with Crippen molar-refractivity contribution in [1.29, 1.82) is 0 Å². The van der Waals surface area contributed by atoms with E-state index in [9.17, 15) is 19.5 Å². The van der Waals surface area contributed by atoms with E-state index in [1.807, 2.05) is 4.90 Å². The zero-order chi connectivity index (χ0) is 19.8. The number of allylic oxidation sites excluding steroid dienone is 1. The van der Waals surface area contributed by atoms with Crippen LogP contribution in [0.5, 0.6) is 0 Å². The van der Waals surface area contributed by atoms with Crippen LogP contribution in [0.1, 0.15) is 34.1 Å². The van der Waals surface area contributed by atoms with Crippen molar-refractivity contribution in [3.63, 3.8) is 0 Å². The van der Waals surface area contributed by atoms with E-state index >= 15 is 0 Å². The molecule has 2 atom stereocenters. The number of anilines is 2. The Kier molecular flexibility index (Phi) is 5.76. The highest BCUT2D eigenvalue weighted by molar-refractivity contribution is 6.31. The molecule has 1 heterocycles. The van der Waals surface area contributed by atoms with Crippen LogP contribution in [0.2, 0.25) is 5.02 Å². The average Bonchev–Trinajstić information content (AvgIpc) is 2.50. The zero-order valence-electron chi connectivity index (χ0n) is 15.5. The molecule has 26 heavy (non-hydrogen) atoms. The van der Waals surface area contributed by atoms with E-state index < -0.39 is 12.1 Å². The summed E-state index contributed by atoms with van der Waals surface area (Å²) in [7, 11) is 1.79. The fraction of sp³-hybridized carbons (Fsp3) is 0.421. The van der Waals surface area contributed by atoms with Crippen LogP contribution < -0.4 is 9.80 Å². The highest BCUT2D eigenvalue weighted by Gasteiger charge is 2.44. The van der Waals surface area contributed by atoms with E-state index in [0.717, 1.165) is 0 Å². The third kappa shape index (κ3) is 3.60. The second-order valence-corrected chi connectivity index (χ2v) is 7.04. The monoisotopic (exact) mass is 378 g/mol. The molecule has 1 N–H and O–H groups in total. The molecule has 0 fully saturated rings. The quantitative estimate of drug-likeness (QED) is 0.642. The number of rotatable bonds is 4. The van der Waals surface area contributed by atoms with Crippen LogP contribution >= 0.6 is 11.6 Å². The first-order chi connectivity index (χ1) is 12.1. The first-order valence-electron chi connectivity index (χ1n) is 8.28. The molecule has 1 amide bonds. The van der Waals surface area contributed by atoms with E-state index in [2.05, 4.69) is 0 Å². The van der Waals surface area contributed by atoms with Gasteiger partial charge in [0.2, 0.25) is 5.91 Å². The molecule has 2 rings (SSSR count). The number of nitrogens with zero attached hydrogens (tertiary/aromatic N) is 2. The summed E-state index contributed by atoms with van der Waals surface area (Å²) >= 11 is 6.12. The van der Waals surface area contributed by atoms with Crippen LogP contribution in [-0.2, 0) is 14.4 Å². The number of fused-ring (bicyclic) bond motifs is 1. The highest BCUT2D eigenvalue weighted by atomic mass is 35.5. The lowest BCUT2D eigenvalue weighted by Gasteiger charge is -2.48. The number of Topliss-reactive ketones (excluding diaryl/α,β-unsaturated/α-hetero) is 2. The number of aliphatic hydroxyl groups excluding tert-OH is 1. The molecule has 1 aliphatic rings. The van der Waals surface area contributed by atoms with Gasteiger partial charge in [-0.05, 0) is 39.0 Å². The molecular formula is C19H23ClN2O4. The second kappa shape index (κ2) is 7.50. The summed E-state index contributed by atoms with van der Waals surface area (Å²) < 4.78 is 0. The number of benzene rings is 1. The molecule has 1 aromatic rings. The van der Waals surface area contributed by atoms with Gasteiger partial charge in [-0.1, -0.05) is 11.6 Å². The van der Waals surface area contributed by atoms with Crippen LogP contribution in [0.4, 0.5) is 11.4 Å². The van der Waals surface area contributed by atoms with Gasteiger partial charge in [-0.2, -0.15) is 0 Å². The van der Waals surface area contributed by atoms with Crippen molar-refractivity contribution in [2.24, 2.45) is 0 Å². The summed E-state index contributed by atoms with van der Waals surface area (Å²) in [5.74, 6) is -0.881. The molecule has 0 spiro atoms. The van der Waals surface area contributed by atoms with Crippen molar-refractivity contribution >= 4 is 40.4 Å². The Labute approximate surface area is 158 Å². The Bertz CT molecular complexity index is 799. The maximum absolute atomic E-state index is 12.5. The topological polar surface area (TPSA) is 77.9 Å². The lowest BCUT2D eigenvalue weighted by Crippen LogP contribution is -2.59. The lowest BCUT2D eigenvalue weighted by molar-refractivity contribution is -0.119. The average molecular weight is 379 g/mol. The number of aliphatic hydroxyl groups is 1. The number of amides is 1. The third-order valence-electron chi connectivity index (χ3n) is 4.62. The van der Waals surface area contributed by atoms with E-state index in [4.69, 9.17) is 11.6 Å². The minimum atomic E-state index is -0.780. The van der Waals surface area contributed by atoms with Crippen LogP contribution in [0.15, 0.2) is 29.5 Å². The number of hydrogen-bond donors (Lipinski definition) is 1. The van der Waals surface area contributed by atoms with Gasteiger partial charge in [0.25, 0.3) is 0 Å². The smallest absolute Gasteiger partial charge is 0.224 e. The van der Waals surface area contributed by atoms with Crippen LogP contribution in [0.25, 0.3) is 0 Å². The van der Waals surface area contributed by atoms with Gasteiger partial charge in [0, 0.05) is 25.4 Å². The van der Waals surface area contributed by atoms with Crippen molar-refractivity contribution < 1.29 is 19.5 Å². The van der Waals surface area contributed by atoms with Crippen molar-refractivity contribution in [1.82, 2.24) is 0 Å². The summed E-state index contributed by atoms with van der Waals surface area (Å²) in [6.45, 7) is 5.61. The minimum absolute atomic E-state index is 0.0840. The summed E-state index contributed by atoms with van der Waals surface area (Å²) in [6.07, 6.45) is 0.112. The lowest BCUT2D eigenvalue weighted by atomic mass is 9.86. The fourth-order valence-corrected chi connectivity index (χ4v) is 3.77.